The first-order valence-corrected chi connectivity index (χ1v) is 7.99. The Labute approximate surface area is 126 Å². The van der Waals surface area contributed by atoms with Crippen molar-refractivity contribution in [3.63, 3.8) is 0 Å². The van der Waals surface area contributed by atoms with E-state index in [0.717, 1.165) is 25.1 Å². The Hall–Kier alpha value is -1.55. The van der Waals surface area contributed by atoms with Crippen LogP contribution in [-0.2, 0) is 0 Å². The molecular formula is C17H24N2O2. The normalized spacial score (nSPS) is 23.4. The van der Waals surface area contributed by atoms with Crippen molar-refractivity contribution >= 4 is 5.91 Å². The van der Waals surface area contributed by atoms with Crippen molar-refractivity contribution in [2.45, 2.75) is 50.6 Å². The van der Waals surface area contributed by atoms with Crippen LogP contribution in [0, 0.1) is 0 Å². The van der Waals surface area contributed by atoms with Crippen LogP contribution in [0.2, 0.25) is 0 Å². The third-order valence-electron chi connectivity index (χ3n) is 4.70. The van der Waals surface area contributed by atoms with E-state index in [1.165, 1.54) is 19.3 Å². The number of benzene rings is 1. The highest BCUT2D eigenvalue weighted by Crippen LogP contribution is 2.38. The zero-order chi connectivity index (χ0) is 14.7. The molecule has 2 fully saturated rings. The van der Waals surface area contributed by atoms with Gasteiger partial charge in [0.05, 0.1) is 6.61 Å². The number of piperidine rings is 1. The smallest absolute Gasteiger partial charge is 0.251 e. The summed E-state index contributed by atoms with van der Waals surface area (Å²) in [7, 11) is 0. The highest BCUT2D eigenvalue weighted by molar-refractivity contribution is 5.94. The lowest BCUT2D eigenvalue weighted by molar-refractivity contribution is 0.0853. The quantitative estimate of drug-likeness (QED) is 0.895. The number of hydrogen-bond acceptors (Lipinski definition) is 3. The lowest BCUT2D eigenvalue weighted by Gasteiger charge is -2.48. The predicted molar refractivity (Wildman–Crippen MR) is 82.7 cm³/mol. The molecule has 1 aliphatic heterocycles. The molecular weight excluding hydrogens is 264 g/mol. The zero-order valence-corrected chi connectivity index (χ0v) is 12.7. The second kappa shape index (κ2) is 6.06. The first kappa shape index (κ1) is 14.4. The lowest BCUT2D eigenvalue weighted by Crippen LogP contribution is -2.59. The maximum atomic E-state index is 12.3. The summed E-state index contributed by atoms with van der Waals surface area (Å²) in [5, 5.41) is 6.82. The van der Waals surface area contributed by atoms with Gasteiger partial charge in [0.2, 0.25) is 0 Å². The van der Waals surface area contributed by atoms with Crippen molar-refractivity contribution in [1.29, 1.82) is 0 Å². The molecule has 0 aromatic heterocycles. The fourth-order valence-electron chi connectivity index (χ4n) is 3.40. The van der Waals surface area contributed by atoms with Crippen LogP contribution in [0.25, 0.3) is 0 Å². The second-order valence-corrected chi connectivity index (χ2v) is 6.18. The molecule has 21 heavy (non-hydrogen) atoms. The molecule has 4 nitrogen and oxygen atoms in total. The Bertz CT molecular complexity index is 494. The van der Waals surface area contributed by atoms with Crippen LogP contribution < -0.4 is 15.4 Å². The molecule has 114 valence electrons. The number of ether oxygens (including phenoxy) is 1. The highest BCUT2D eigenvalue weighted by Gasteiger charge is 2.41. The molecule has 0 bridgehead atoms. The lowest BCUT2D eigenvalue weighted by atomic mass is 9.70. The Morgan fingerprint density at radius 2 is 2.14 bits per heavy atom. The number of carbonyl (C=O) groups excluding carboxylic acids is 1. The fourth-order valence-corrected chi connectivity index (χ4v) is 3.40. The first-order chi connectivity index (χ1) is 10.2. The summed E-state index contributed by atoms with van der Waals surface area (Å²) < 4.78 is 5.40. The van der Waals surface area contributed by atoms with Crippen molar-refractivity contribution < 1.29 is 9.53 Å². The van der Waals surface area contributed by atoms with E-state index in [2.05, 4.69) is 10.6 Å². The Morgan fingerprint density at radius 1 is 1.38 bits per heavy atom. The molecule has 1 saturated heterocycles. The van der Waals surface area contributed by atoms with Gasteiger partial charge < -0.3 is 15.4 Å². The van der Waals surface area contributed by atoms with Crippen LogP contribution in [0.5, 0.6) is 5.75 Å². The molecule has 1 heterocycles. The highest BCUT2D eigenvalue weighted by atomic mass is 16.5. The van der Waals surface area contributed by atoms with E-state index in [1.807, 2.05) is 31.2 Å². The molecule has 1 saturated carbocycles. The molecule has 0 radical (unpaired) electrons. The van der Waals surface area contributed by atoms with E-state index in [9.17, 15) is 4.79 Å². The molecule has 3 rings (SSSR count). The van der Waals surface area contributed by atoms with Gasteiger partial charge in [-0.15, -0.1) is 0 Å². The van der Waals surface area contributed by atoms with Gasteiger partial charge in [-0.3, -0.25) is 4.79 Å². The van der Waals surface area contributed by atoms with Crippen molar-refractivity contribution in [2.75, 3.05) is 13.2 Å². The minimum atomic E-state index is 0.0272. The average molecular weight is 288 g/mol. The van der Waals surface area contributed by atoms with E-state index < -0.39 is 0 Å². The topological polar surface area (TPSA) is 50.4 Å². The van der Waals surface area contributed by atoms with Gasteiger partial charge in [-0.25, -0.2) is 0 Å². The maximum absolute atomic E-state index is 12.3. The van der Waals surface area contributed by atoms with Gasteiger partial charge in [0.1, 0.15) is 5.75 Å². The summed E-state index contributed by atoms with van der Waals surface area (Å²) in [5.74, 6) is 0.837. The van der Waals surface area contributed by atoms with Crippen molar-refractivity contribution in [3.8, 4) is 5.75 Å². The number of hydrogen-bond donors (Lipinski definition) is 2. The van der Waals surface area contributed by atoms with Crippen LogP contribution in [0.4, 0.5) is 0 Å². The van der Waals surface area contributed by atoms with Crippen molar-refractivity contribution in [1.82, 2.24) is 10.6 Å². The third-order valence-corrected chi connectivity index (χ3v) is 4.70. The number of carbonyl (C=O) groups is 1. The number of nitrogens with one attached hydrogen (secondary N) is 2. The maximum Gasteiger partial charge on any atom is 0.251 e. The van der Waals surface area contributed by atoms with Crippen LogP contribution in [0.1, 0.15) is 49.4 Å². The molecule has 1 aromatic rings. The Balaban J connectivity index is 1.57. The molecule has 2 aliphatic rings. The van der Waals surface area contributed by atoms with Crippen LogP contribution in [0.3, 0.4) is 0 Å². The summed E-state index contributed by atoms with van der Waals surface area (Å²) in [5.41, 5.74) is 1.02. The molecule has 1 atom stereocenters. The van der Waals surface area contributed by atoms with Crippen LogP contribution >= 0.6 is 0 Å². The standard InChI is InChI=1S/C17H24N2O2/c1-2-21-15-6-4-13(5-7-15)16(20)19-14-8-11-18-17(12-14)9-3-10-17/h4-7,14,18H,2-3,8-12H2,1H3,(H,19,20). The van der Waals surface area contributed by atoms with Gasteiger partial charge in [-0.1, -0.05) is 0 Å². The van der Waals surface area contributed by atoms with Crippen LogP contribution in [-0.4, -0.2) is 30.6 Å². The molecule has 2 N–H and O–H groups in total. The SMILES string of the molecule is CCOc1ccc(C(=O)NC2CCNC3(CCC3)C2)cc1. The van der Waals surface area contributed by atoms with E-state index in [0.29, 0.717) is 23.8 Å². The summed E-state index contributed by atoms with van der Waals surface area (Å²) in [6.07, 6.45) is 5.90. The molecule has 1 unspecified atom stereocenters. The summed E-state index contributed by atoms with van der Waals surface area (Å²) in [6.45, 7) is 3.60. The molecule has 1 aromatic carbocycles. The van der Waals surface area contributed by atoms with Gasteiger partial charge >= 0.3 is 0 Å². The number of rotatable bonds is 4. The van der Waals surface area contributed by atoms with Gasteiger partial charge in [0.15, 0.2) is 0 Å². The summed E-state index contributed by atoms with van der Waals surface area (Å²) in [4.78, 5) is 12.3. The molecule has 1 aliphatic carbocycles. The van der Waals surface area contributed by atoms with E-state index in [4.69, 9.17) is 4.74 Å². The summed E-state index contributed by atoms with van der Waals surface area (Å²) in [6, 6.07) is 7.68. The molecule has 1 spiro atoms. The molecule has 1 amide bonds. The van der Waals surface area contributed by atoms with Gasteiger partial charge in [0, 0.05) is 17.1 Å². The third kappa shape index (κ3) is 3.21. The van der Waals surface area contributed by atoms with Crippen molar-refractivity contribution in [3.05, 3.63) is 29.8 Å². The van der Waals surface area contributed by atoms with Crippen molar-refractivity contribution in [2.24, 2.45) is 0 Å². The van der Waals surface area contributed by atoms with Gasteiger partial charge in [-0.05, 0) is 69.8 Å². The second-order valence-electron chi connectivity index (χ2n) is 6.18. The van der Waals surface area contributed by atoms with Crippen LogP contribution in [0.15, 0.2) is 24.3 Å². The summed E-state index contributed by atoms with van der Waals surface area (Å²) >= 11 is 0. The Morgan fingerprint density at radius 3 is 2.76 bits per heavy atom. The van der Waals surface area contributed by atoms with E-state index >= 15 is 0 Å². The Kier molecular flexibility index (Phi) is 4.15. The minimum Gasteiger partial charge on any atom is -0.494 e. The largest absolute Gasteiger partial charge is 0.494 e. The van der Waals surface area contributed by atoms with Gasteiger partial charge in [-0.2, -0.15) is 0 Å². The fraction of sp³-hybridized carbons (Fsp3) is 0.588. The average Bonchev–Trinajstić information content (AvgIpc) is 2.47. The predicted octanol–water partition coefficient (Wildman–Crippen LogP) is 2.49. The van der Waals surface area contributed by atoms with E-state index in [1.54, 1.807) is 0 Å². The molecule has 4 heteroatoms. The first-order valence-electron chi connectivity index (χ1n) is 7.99. The minimum absolute atomic E-state index is 0.0272. The monoisotopic (exact) mass is 288 g/mol. The van der Waals surface area contributed by atoms with Gasteiger partial charge in [0.25, 0.3) is 5.91 Å². The number of amides is 1. The zero-order valence-electron chi connectivity index (χ0n) is 12.7. The van der Waals surface area contributed by atoms with E-state index in [-0.39, 0.29) is 5.91 Å².